The minimum atomic E-state index is -3.77. The van der Waals surface area contributed by atoms with Crippen molar-refractivity contribution in [2.24, 2.45) is 0 Å². The van der Waals surface area contributed by atoms with Crippen LogP contribution >= 0.6 is 0 Å². The summed E-state index contributed by atoms with van der Waals surface area (Å²) in [6.07, 6.45) is 1.65. The Morgan fingerprint density at radius 1 is 0.947 bits per heavy atom. The van der Waals surface area contributed by atoms with E-state index in [1.165, 1.54) is 12.1 Å². The van der Waals surface area contributed by atoms with Gasteiger partial charge >= 0.3 is 39.7 Å². The molecule has 0 amide bonds. The molecular weight excluding hydrogens is 271 g/mol. The summed E-state index contributed by atoms with van der Waals surface area (Å²) in [6, 6.07) is 14.7. The summed E-state index contributed by atoms with van der Waals surface area (Å²) in [7, 11) is -3.77. The molecule has 0 aliphatic heterocycles. The Morgan fingerprint density at radius 2 is 1.53 bits per heavy atom. The molecule has 0 aliphatic carbocycles. The summed E-state index contributed by atoms with van der Waals surface area (Å²) < 4.78 is 28.9. The van der Waals surface area contributed by atoms with Crippen LogP contribution in [0, 0.1) is 0 Å². The fourth-order valence-electron chi connectivity index (χ4n) is 1.42. The topological polar surface area (TPSA) is 43.4 Å². The molecule has 0 aromatic heterocycles. The van der Waals surface area contributed by atoms with Gasteiger partial charge < -0.3 is 4.18 Å². The molecule has 0 bridgehead atoms. The van der Waals surface area contributed by atoms with Gasteiger partial charge in [-0.1, -0.05) is 43.0 Å². The Morgan fingerprint density at radius 3 is 2.05 bits per heavy atom. The van der Waals surface area contributed by atoms with Gasteiger partial charge in [-0.15, -0.1) is 0 Å². The van der Waals surface area contributed by atoms with E-state index in [4.69, 9.17) is 4.18 Å². The third-order valence-electron chi connectivity index (χ3n) is 2.35. The summed E-state index contributed by atoms with van der Waals surface area (Å²) in [5.41, 5.74) is 0.855. The third-order valence-corrected chi connectivity index (χ3v) is 3.61. The van der Waals surface area contributed by atoms with E-state index in [1.807, 2.05) is 0 Å². The number of para-hydroxylation sites is 1. The molecule has 0 fully saturated rings. The minimum absolute atomic E-state index is 0. The van der Waals surface area contributed by atoms with Gasteiger partial charge in [0.2, 0.25) is 0 Å². The predicted molar refractivity (Wildman–Crippen MR) is 77.9 cm³/mol. The fourth-order valence-corrected chi connectivity index (χ4v) is 2.35. The second-order valence-electron chi connectivity index (χ2n) is 3.62. The van der Waals surface area contributed by atoms with Crippen molar-refractivity contribution in [3.8, 4) is 5.75 Å². The van der Waals surface area contributed by atoms with Crippen LogP contribution in [0.5, 0.6) is 5.75 Å². The zero-order valence-electron chi connectivity index (χ0n) is 9.61. The van der Waals surface area contributed by atoms with Crippen LogP contribution in [0.2, 0.25) is 0 Å². The van der Waals surface area contributed by atoms with Crippen molar-refractivity contribution in [2.75, 3.05) is 0 Å². The first kappa shape index (κ1) is 16.0. The van der Waals surface area contributed by atoms with E-state index in [2.05, 4.69) is 6.58 Å². The molecule has 0 heterocycles. The average molecular weight is 284 g/mol. The molecule has 5 heteroatoms. The van der Waals surface area contributed by atoms with Crippen LogP contribution in [-0.4, -0.2) is 38.0 Å². The molecule has 0 N–H and O–H groups in total. The first-order valence-corrected chi connectivity index (χ1v) is 6.75. The van der Waals surface area contributed by atoms with Gasteiger partial charge in [0.05, 0.1) is 0 Å². The van der Waals surface area contributed by atoms with Gasteiger partial charge in [-0.3, -0.25) is 0 Å². The van der Waals surface area contributed by atoms with Gasteiger partial charge in [-0.25, -0.2) is 0 Å². The first-order chi connectivity index (χ1) is 8.62. The van der Waals surface area contributed by atoms with E-state index in [1.54, 1.807) is 48.5 Å². The molecule has 0 radical (unpaired) electrons. The predicted octanol–water partition coefficient (Wildman–Crippen LogP) is 2.45. The van der Waals surface area contributed by atoms with Crippen molar-refractivity contribution in [3.63, 3.8) is 0 Å². The normalized spacial score (nSPS) is 10.3. The van der Waals surface area contributed by atoms with Gasteiger partial charge in [-0.2, -0.15) is 8.42 Å². The standard InChI is InChI=1S/C14H12O3S.Na.H/c1-2-12-8-10-14(11-9-12)18(15,16)17-13-6-4-3-5-7-13;;/h2-11H,1H2;;. The van der Waals surface area contributed by atoms with Crippen LogP contribution in [0.15, 0.2) is 66.1 Å². The molecule has 3 nitrogen and oxygen atoms in total. The van der Waals surface area contributed by atoms with Gasteiger partial charge in [0.15, 0.2) is 0 Å². The Labute approximate surface area is 135 Å². The van der Waals surface area contributed by atoms with Crippen LogP contribution < -0.4 is 4.18 Å². The van der Waals surface area contributed by atoms with Crippen molar-refractivity contribution in [1.82, 2.24) is 0 Å². The van der Waals surface area contributed by atoms with Gasteiger partial charge in [0, 0.05) is 0 Å². The molecule has 0 unspecified atom stereocenters. The monoisotopic (exact) mass is 284 g/mol. The molecule has 0 spiro atoms. The molecule has 19 heavy (non-hydrogen) atoms. The SMILES string of the molecule is C=Cc1ccc(S(=O)(=O)Oc2ccccc2)cc1.[NaH]. The first-order valence-electron chi connectivity index (χ1n) is 5.34. The summed E-state index contributed by atoms with van der Waals surface area (Å²) in [5, 5.41) is 0. The van der Waals surface area contributed by atoms with Crippen LogP contribution in [0.4, 0.5) is 0 Å². The van der Waals surface area contributed by atoms with E-state index < -0.39 is 10.1 Å². The maximum absolute atomic E-state index is 12.0. The molecule has 0 atom stereocenters. The van der Waals surface area contributed by atoms with Gasteiger partial charge in [0.25, 0.3) is 0 Å². The molecule has 2 aromatic rings. The molecule has 0 aliphatic rings. The third kappa shape index (κ3) is 4.21. The van der Waals surface area contributed by atoms with Crippen molar-refractivity contribution < 1.29 is 12.6 Å². The zero-order valence-corrected chi connectivity index (χ0v) is 10.4. The van der Waals surface area contributed by atoms with Crippen molar-refractivity contribution >= 4 is 45.8 Å². The fraction of sp³-hybridized carbons (Fsp3) is 0. The summed E-state index contributed by atoms with van der Waals surface area (Å²) in [6.45, 7) is 3.61. The van der Waals surface area contributed by atoms with Crippen LogP contribution in [0.3, 0.4) is 0 Å². The summed E-state index contributed by atoms with van der Waals surface area (Å²) in [4.78, 5) is 0.122. The second-order valence-corrected chi connectivity index (χ2v) is 5.17. The van der Waals surface area contributed by atoms with Gasteiger partial charge in [0.1, 0.15) is 10.6 Å². The zero-order chi connectivity index (χ0) is 13.0. The molecule has 0 saturated carbocycles. The molecule has 0 saturated heterocycles. The van der Waals surface area contributed by atoms with E-state index in [0.29, 0.717) is 5.75 Å². The molecule has 2 aromatic carbocycles. The average Bonchev–Trinajstić information content (AvgIpc) is 2.39. The van der Waals surface area contributed by atoms with E-state index in [0.717, 1.165) is 5.56 Å². The Hall–Kier alpha value is -1.07. The summed E-state index contributed by atoms with van der Waals surface area (Å²) in [5.74, 6) is 0.297. The van der Waals surface area contributed by atoms with Gasteiger partial charge in [-0.05, 0) is 29.8 Å². The van der Waals surface area contributed by atoms with E-state index in [-0.39, 0.29) is 34.5 Å². The van der Waals surface area contributed by atoms with Crippen molar-refractivity contribution in [2.45, 2.75) is 4.90 Å². The van der Waals surface area contributed by atoms with E-state index >= 15 is 0 Å². The Kier molecular flexibility index (Phi) is 5.82. The van der Waals surface area contributed by atoms with E-state index in [9.17, 15) is 8.42 Å². The van der Waals surface area contributed by atoms with Crippen LogP contribution in [0.25, 0.3) is 6.08 Å². The number of benzene rings is 2. The molecular formula is C14H13NaO3S. The second kappa shape index (κ2) is 6.91. The Balaban J connectivity index is 0.00000180. The Bertz CT molecular complexity index is 634. The maximum atomic E-state index is 12.0. The number of rotatable bonds is 4. The van der Waals surface area contributed by atoms with Crippen LogP contribution in [0.1, 0.15) is 5.56 Å². The quantitative estimate of drug-likeness (QED) is 0.640. The summed E-state index contributed by atoms with van der Waals surface area (Å²) >= 11 is 0. The molecule has 94 valence electrons. The van der Waals surface area contributed by atoms with Crippen molar-refractivity contribution in [3.05, 3.63) is 66.7 Å². The van der Waals surface area contributed by atoms with Crippen LogP contribution in [-0.2, 0) is 10.1 Å². The van der Waals surface area contributed by atoms with Crippen molar-refractivity contribution in [1.29, 1.82) is 0 Å². The molecule has 2 rings (SSSR count). The number of hydrogen-bond donors (Lipinski definition) is 0. The number of hydrogen-bond acceptors (Lipinski definition) is 3.